The van der Waals surface area contributed by atoms with E-state index in [2.05, 4.69) is 25.3 Å². The van der Waals surface area contributed by atoms with E-state index in [0.29, 0.717) is 24.9 Å². The second-order valence-electron chi connectivity index (χ2n) is 7.37. The molecule has 0 unspecified atom stereocenters. The third kappa shape index (κ3) is 3.23. The van der Waals surface area contributed by atoms with Crippen LogP contribution in [0.25, 0.3) is 10.5 Å². The summed E-state index contributed by atoms with van der Waals surface area (Å²) >= 11 is 0. The van der Waals surface area contributed by atoms with E-state index < -0.39 is 6.43 Å². The molecule has 0 aromatic carbocycles. The molecule has 0 bridgehead atoms. The number of anilines is 2. The molecule has 4 N–H and O–H groups in total. The number of aromatic nitrogens is 5. The van der Waals surface area contributed by atoms with Crippen LogP contribution in [0.15, 0.2) is 12.3 Å². The van der Waals surface area contributed by atoms with Gasteiger partial charge in [-0.05, 0) is 25.3 Å². The molecule has 1 saturated carbocycles. The summed E-state index contributed by atoms with van der Waals surface area (Å²) in [5.74, 6) is 0.209. The Kier molecular flexibility index (Phi) is 5.03. The van der Waals surface area contributed by atoms with Crippen LogP contribution in [-0.2, 0) is 18.4 Å². The Hall–Kier alpha value is -3.26. The quantitative estimate of drug-likeness (QED) is 0.487. The number of aryl methyl sites for hydroxylation is 1. The minimum absolute atomic E-state index is 0.0259. The van der Waals surface area contributed by atoms with Gasteiger partial charge in [-0.25, -0.2) is 23.1 Å². The third-order valence-corrected chi connectivity index (χ3v) is 5.50. The van der Waals surface area contributed by atoms with Crippen LogP contribution in [0.3, 0.4) is 0 Å². The standard InChI is InChI=1S/C19H22F2N8O/c1-3-12-13(15(20)21)27-29-16(22)14(23-2)17(25-18(12)29)24-8-4-11-5-9-28(26-11)19(10-30)6-7-19/h5,9,15,30H,3-4,6-8,10,22H2,1H3,(H,24,25). The average Bonchev–Trinajstić information content (AvgIpc) is 3.22. The van der Waals surface area contributed by atoms with E-state index in [4.69, 9.17) is 12.3 Å². The SMILES string of the molecule is [C-]#[N+]c1c(NCCc2ccn(C3(CO)CC3)n2)nc2c(CC)c(C(F)F)nn2c1N. The highest BCUT2D eigenvalue weighted by Crippen LogP contribution is 2.42. The molecule has 0 spiro atoms. The molecule has 11 heteroatoms. The van der Waals surface area contributed by atoms with Crippen molar-refractivity contribution >= 4 is 23.0 Å². The molecule has 1 fully saturated rings. The lowest BCUT2D eigenvalue weighted by Crippen LogP contribution is -2.22. The lowest BCUT2D eigenvalue weighted by Gasteiger charge is -2.12. The highest BCUT2D eigenvalue weighted by atomic mass is 19.3. The third-order valence-electron chi connectivity index (χ3n) is 5.50. The van der Waals surface area contributed by atoms with E-state index >= 15 is 0 Å². The molecule has 3 heterocycles. The Labute approximate surface area is 171 Å². The predicted octanol–water partition coefficient (Wildman–Crippen LogP) is 2.69. The lowest BCUT2D eigenvalue weighted by molar-refractivity contribution is 0.144. The van der Waals surface area contributed by atoms with E-state index in [1.165, 1.54) is 0 Å². The number of fused-ring (bicyclic) bond motifs is 1. The van der Waals surface area contributed by atoms with Crippen LogP contribution < -0.4 is 11.1 Å². The Morgan fingerprint density at radius 3 is 2.77 bits per heavy atom. The lowest BCUT2D eigenvalue weighted by atomic mass is 10.2. The highest BCUT2D eigenvalue weighted by molar-refractivity contribution is 5.80. The maximum absolute atomic E-state index is 13.3. The number of alkyl halides is 2. The molecule has 4 rings (SSSR count). The largest absolute Gasteiger partial charge is 0.394 e. The van der Waals surface area contributed by atoms with Gasteiger partial charge in [0.05, 0.1) is 24.4 Å². The first-order chi connectivity index (χ1) is 14.4. The van der Waals surface area contributed by atoms with Crippen molar-refractivity contribution in [3.63, 3.8) is 0 Å². The summed E-state index contributed by atoms with van der Waals surface area (Å²) in [6.07, 6.45) is 1.80. The molecule has 1 aliphatic carbocycles. The molecule has 0 aliphatic heterocycles. The summed E-state index contributed by atoms with van der Waals surface area (Å²) in [4.78, 5) is 7.80. The molecule has 9 nitrogen and oxygen atoms in total. The van der Waals surface area contributed by atoms with Gasteiger partial charge < -0.3 is 16.2 Å². The van der Waals surface area contributed by atoms with Gasteiger partial charge in [-0.15, -0.1) is 0 Å². The Bertz CT molecular complexity index is 1130. The van der Waals surface area contributed by atoms with Crippen LogP contribution in [0.4, 0.5) is 26.1 Å². The summed E-state index contributed by atoms with van der Waals surface area (Å²) in [7, 11) is 0. The van der Waals surface area contributed by atoms with Crippen molar-refractivity contribution in [2.24, 2.45) is 0 Å². The number of nitrogens with two attached hydrogens (primary N) is 1. The summed E-state index contributed by atoms with van der Waals surface area (Å²) in [5.41, 5.74) is 6.83. The number of hydrogen-bond donors (Lipinski definition) is 3. The van der Waals surface area contributed by atoms with Crippen LogP contribution in [0, 0.1) is 6.57 Å². The summed E-state index contributed by atoms with van der Waals surface area (Å²) < 4.78 is 29.6. The summed E-state index contributed by atoms with van der Waals surface area (Å²) in [6.45, 7) is 9.66. The van der Waals surface area contributed by atoms with Gasteiger partial charge in [-0.2, -0.15) is 10.2 Å². The normalized spacial score (nSPS) is 14.9. The number of nitrogens with zero attached hydrogens (tertiary/aromatic N) is 6. The van der Waals surface area contributed by atoms with Crippen LogP contribution in [0.2, 0.25) is 0 Å². The number of aliphatic hydroxyl groups is 1. The van der Waals surface area contributed by atoms with E-state index in [0.717, 1.165) is 23.1 Å². The van der Waals surface area contributed by atoms with E-state index in [9.17, 15) is 13.9 Å². The molecule has 158 valence electrons. The van der Waals surface area contributed by atoms with E-state index in [-0.39, 0.29) is 40.8 Å². The van der Waals surface area contributed by atoms with Crippen molar-refractivity contribution in [1.82, 2.24) is 24.4 Å². The topological polar surface area (TPSA) is 111 Å². The maximum Gasteiger partial charge on any atom is 0.282 e. The molecule has 0 amide bonds. The number of halogens is 2. The number of nitrogens with one attached hydrogen (secondary N) is 1. The minimum Gasteiger partial charge on any atom is -0.394 e. The zero-order valence-electron chi connectivity index (χ0n) is 16.4. The van der Waals surface area contributed by atoms with E-state index in [1.54, 1.807) is 11.6 Å². The molecule has 30 heavy (non-hydrogen) atoms. The smallest absolute Gasteiger partial charge is 0.282 e. The van der Waals surface area contributed by atoms with Gasteiger partial charge in [-0.1, -0.05) is 6.92 Å². The molecule has 0 atom stereocenters. The van der Waals surface area contributed by atoms with Crippen LogP contribution in [-0.4, -0.2) is 42.6 Å². The zero-order chi connectivity index (χ0) is 21.5. The van der Waals surface area contributed by atoms with Crippen molar-refractivity contribution < 1.29 is 13.9 Å². The molecule has 1 aliphatic rings. The number of aliphatic hydroxyl groups excluding tert-OH is 1. The molecular formula is C19H22F2N8O. The first kappa shape index (κ1) is 20.0. The van der Waals surface area contributed by atoms with Gasteiger partial charge in [0, 0.05) is 24.7 Å². The number of rotatable bonds is 8. The fourth-order valence-corrected chi connectivity index (χ4v) is 3.54. The Morgan fingerprint density at radius 1 is 1.40 bits per heavy atom. The second-order valence-corrected chi connectivity index (χ2v) is 7.37. The van der Waals surface area contributed by atoms with Gasteiger partial charge in [0.15, 0.2) is 5.65 Å². The fraction of sp³-hybridized carbons (Fsp3) is 0.474. The molecule has 3 aromatic rings. The van der Waals surface area contributed by atoms with Crippen molar-refractivity contribution in [3.05, 3.63) is 40.6 Å². The van der Waals surface area contributed by atoms with Gasteiger partial charge >= 0.3 is 0 Å². The Morgan fingerprint density at radius 2 is 2.17 bits per heavy atom. The monoisotopic (exact) mass is 416 g/mol. The highest BCUT2D eigenvalue weighted by Gasteiger charge is 2.44. The number of nitrogen functional groups attached to an aromatic ring is 1. The Balaban J connectivity index is 1.57. The maximum atomic E-state index is 13.3. The molecule has 0 radical (unpaired) electrons. The summed E-state index contributed by atoms with van der Waals surface area (Å²) in [6, 6.07) is 1.89. The first-order valence-corrected chi connectivity index (χ1v) is 9.70. The van der Waals surface area contributed by atoms with Crippen molar-refractivity contribution in [3.8, 4) is 0 Å². The predicted molar refractivity (Wildman–Crippen MR) is 107 cm³/mol. The molecule has 0 saturated heterocycles. The molecular weight excluding hydrogens is 394 g/mol. The van der Waals surface area contributed by atoms with Gasteiger partial charge in [0.1, 0.15) is 17.3 Å². The van der Waals surface area contributed by atoms with Gasteiger partial charge in [0.25, 0.3) is 12.1 Å². The van der Waals surface area contributed by atoms with Gasteiger partial charge in [0.2, 0.25) is 0 Å². The van der Waals surface area contributed by atoms with Crippen molar-refractivity contribution in [2.75, 3.05) is 24.2 Å². The summed E-state index contributed by atoms with van der Waals surface area (Å²) in [5, 5.41) is 21.0. The van der Waals surface area contributed by atoms with Crippen LogP contribution in [0.5, 0.6) is 0 Å². The van der Waals surface area contributed by atoms with Crippen LogP contribution >= 0.6 is 0 Å². The van der Waals surface area contributed by atoms with E-state index in [1.807, 2.05) is 12.3 Å². The minimum atomic E-state index is -2.75. The second kappa shape index (κ2) is 7.53. The first-order valence-electron chi connectivity index (χ1n) is 9.70. The average molecular weight is 416 g/mol. The molecule has 3 aromatic heterocycles. The number of hydrogen-bond acceptors (Lipinski definition) is 6. The zero-order valence-corrected chi connectivity index (χ0v) is 16.4. The van der Waals surface area contributed by atoms with Crippen LogP contribution in [0.1, 0.15) is 43.1 Å². The van der Waals surface area contributed by atoms with Crippen molar-refractivity contribution in [2.45, 2.75) is 44.6 Å². The fourth-order valence-electron chi connectivity index (χ4n) is 3.54. The van der Waals surface area contributed by atoms with Gasteiger partial charge in [-0.3, -0.25) is 4.68 Å². The van der Waals surface area contributed by atoms with Crippen molar-refractivity contribution in [1.29, 1.82) is 0 Å².